The van der Waals surface area contributed by atoms with E-state index in [0.29, 0.717) is 5.25 Å². The normalized spacial score (nSPS) is 17.2. The van der Waals surface area contributed by atoms with E-state index in [4.69, 9.17) is 11.6 Å². The van der Waals surface area contributed by atoms with E-state index in [1.807, 2.05) is 29.6 Å². The van der Waals surface area contributed by atoms with Crippen LogP contribution in [0.5, 0.6) is 0 Å². The monoisotopic (exact) mass is 384 g/mol. The number of rotatable bonds is 3. The van der Waals surface area contributed by atoms with E-state index in [-0.39, 0.29) is 0 Å². The number of hydrogen-bond donors (Lipinski definition) is 0. The van der Waals surface area contributed by atoms with Gasteiger partial charge < -0.3 is 0 Å². The van der Waals surface area contributed by atoms with E-state index < -0.39 is 0 Å². The van der Waals surface area contributed by atoms with Crippen LogP contribution in [0.15, 0.2) is 52.3 Å². The number of thioether (sulfide) groups is 1. The van der Waals surface area contributed by atoms with Crippen molar-refractivity contribution in [2.24, 2.45) is 0 Å². The van der Waals surface area contributed by atoms with Crippen molar-refractivity contribution in [2.45, 2.75) is 21.5 Å². The van der Waals surface area contributed by atoms with E-state index in [1.54, 1.807) is 0 Å². The van der Waals surface area contributed by atoms with Gasteiger partial charge in [-0.3, -0.25) is 0 Å². The molecule has 0 N–H and O–H groups in total. The van der Waals surface area contributed by atoms with E-state index in [2.05, 4.69) is 52.3 Å². The maximum absolute atomic E-state index is 6.21. The number of benzene rings is 2. The molecule has 3 rings (SSSR count). The maximum atomic E-state index is 6.21. The van der Waals surface area contributed by atoms with Crippen LogP contribution in [0.4, 0.5) is 0 Å². The summed E-state index contributed by atoms with van der Waals surface area (Å²) in [6.07, 6.45) is 1.08. The molecule has 0 aliphatic carbocycles. The minimum Gasteiger partial charge on any atom is -0.153 e. The van der Waals surface area contributed by atoms with Gasteiger partial charge in [0.2, 0.25) is 0 Å². The molecule has 0 saturated heterocycles. The van der Waals surface area contributed by atoms with Crippen molar-refractivity contribution in [3.8, 4) is 0 Å². The summed E-state index contributed by atoms with van der Waals surface area (Å²) >= 11 is 13.6. The first-order valence-corrected chi connectivity index (χ1v) is 9.87. The van der Waals surface area contributed by atoms with E-state index in [1.165, 1.54) is 20.9 Å². The zero-order valence-electron chi connectivity index (χ0n) is 10.8. The van der Waals surface area contributed by atoms with Crippen molar-refractivity contribution in [3.05, 3.63) is 58.6 Å². The average molecular weight is 386 g/mol. The van der Waals surface area contributed by atoms with Gasteiger partial charge in [0.1, 0.15) is 0 Å². The summed E-state index contributed by atoms with van der Waals surface area (Å²) in [6, 6.07) is 15.0. The molecule has 4 heteroatoms. The van der Waals surface area contributed by atoms with Crippen molar-refractivity contribution in [1.29, 1.82) is 0 Å². The van der Waals surface area contributed by atoms with Gasteiger partial charge in [-0.25, -0.2) is 0 Å². The third-order valence-corrected chi connectivity index (χ3v) is 6.94. The summed E-state index contributed by atoms with van der Waals surface area (Å²) < 4.78 is 0. The number of alkyl halides is 1. The Morgan fingerprint density at radius 2 is 2.05 bits per heavy atom. The number of hydrogen-bond acceptors (Lipinski definition) is 2. The summed E-state index contributed by atoms with van der Waals surface area (Å²) in [5, 5.41) is 2.34. The number of halogens is 2. The highest BCUT2D eigenvalue weighted by atomic mass is 79.9. The van der Waals surface area contributed by atoms with Crippen LogP contribution in [0.25, 0.3) is 0 Å². The second-order valence-corrected chi connectivity index (χ2v) is 8.27. The molecule has 0 nitrogen and oxygen atoms in total. The molecule has 2 aromatic carbocycles. The highest BCUT2D eigenvalue weighted by Gasteiger charge is 2.22. The van der Waals surface area contributed by atoms with Crippen LogP contribution in [-0.2, 0) is 6.42 Å². The average Bonchev–Trinajstić information content (AvgIpc) is 2.61. The van der Waals surface area contributed by atoms with Crippen LogP contribution in [0.3, 0.4) is 0 Å². The predicted octanol–water partition coefficient (Wildman–Crippen LogP) is 6.22. The van der Waals surface area contributed by atoms with Gasteiger partial charge in [-0.2, -0.15) is 11.8 Å². The molecule has 1 aliphatic heterocycles. The minimum atomic E-state index is 0.484. The largest absolute Gasteiger partial charge is 0.153 e. The molecule has 2 aromatic rings. The lowest BCUT2D eigenvalue weighted by Gasteiger charge is -2.17. The molecule has 1 unspecified atom stereocenters. The Morgan fingerprint density at radius 1 is 1.20 bits per heavy atom. The fourth-order valence-corrected chi connectivity index (χ4v) is 5.38. The molecule has 0 bridgehead atoms. The van der Waals surface area contributed by atoms with E-state index in [0.717, 1.165) is 22.5 Å². The lowest BCUT2D eigenvalue weighted by atomic mass is 10.0. The first-order valence-electron chi connectivity index (χ1n) is 6.50. The lowest BCUT2D eigenvalue weighted by molar-refractivity contribution is 0.902. The van der Waals surface area contributed by atoms with Crippen LogP contribution in [0.1, 0.15) is 16.4 Å². The highest BCUT2D eigenvalue weighted by Crippen LogP contribution is 2.46. The van der Waals surface area contributed by atoms with Gasteiger partial charge in [0.25, 0.3) is 0 Å². The molecule has 20 heavy (non-hydrogen) atoms. The van der Waals surface area contributed by atoms with E-state index >= 15 is 0 Å². The molecule has 0 fully saturated rings. The Hall–Kier alpha value is -0.0900. The van der Waals surface area contributed by atoms with Crippen molar-refractivity contribution >= 4 is 51.1 Å². The fourth-order valence-electron chi connectivity index (χ4n) is 2.40. The standard InChI is InChI=1S/C16H14BrClS2/c17-7-8-19-16-9-11-3-1-2-4-14(11)20-15-6-5-12(18)10-13(15)16/h1-6,10,16H,7-9H2. The van der Waals surface area contributed by atoms with Gasteiger partial charge >= 0.3 is 0 Å². The highest BCUT2D eigenvalue weighted by molar-refractivity contribution is 9.09. The molecule has 1 heterocycles. The zero-order chi connectivity index (χ0) is 13.9. The molecule has 0 spiro atoms. The first kappa shape index (κ1) is 14.8. The van der Waals surface area contributed by atoms with Crippen LogP contribution in [0, 0.1) is 0 Å². The van der Waals surface area contributed by atoms with Crippen molar-refractivity contribution < 1.29 is 0 Å². The van der Waals surface area contributed by atoms with E-state index in [9.17, 15) is 0 Å². The molecule has 0 saturated carbocycles. The SMILES string of the molecule is Clc1ccc2c(c1)C(SCCBr)Cc1ccccc1S2. The second kappa shape index (κ2) is 6.78. The quantitative estimate of drug-likeness (QED) is 0.575. The van der Waals surface area contributed by atoms with Crippen LogP contribution in [0.2, 0.25) is 5.02 Å². The molecular formula is C16H14BrClS2. The molecule has 1 aliphatic rings. The predicted molar refractivity (Wildman–Crippen MR) is 94.7 cm³/mol. The van der Waals surface area contributed by atoms with Crippen molar-refractivity contribution in [1.82, 2.24) is 0 Å². The summed E-state index contributed by atoms with van der Waals surface area (Å²) in [6.45, 7) is 0. The topological polar surface area (TPSA) is 0 Å². The summed E-state index contributed by atoms with van der Waals surface area (Å²) in [5.41, 5.74) is 2.82. The van der Waals surface area contributed by atoms with Gasteiger partial charge in [-0.1, -0.05) is 57.5 Å². The van der Waals surface area contributed by atoms with Crippen LogP contribution >= 0.6 is 51.1 Å². The number of fused-ring (bicyclic) bond motifs is 2. The van der Waals surface area contributed by atoms with Crippen molar-refractivity contribution in [2.75, 3.05) is 11.1 Å². The van der Waals surface area contributed by atoms with Gasteiger partial charge in [0, 0.05) is 31.1 Å². The third kappa shape index (κ3) is 3.22. The summed E-state index contributed by atoms with van der Waals surface area (Å²) in [5.74, 6) is 1.11. The minimum absolute atomic E-state index is 0.484. The smallest absolute Gasteiger partial charge is 0.0409 e. The molecule has 0 aromatic heterocycles. The van der Waals surface area contributed by atoms with Crippen LogP contribution in [-0.4, -0.2) is 11.1 Å². The zero-order valence-corrected chi connectivity index (χ0v) is 14.8. The second-order valence-electron chi connectivity index (χ2n) is 4.64. The first-order chi connectivity index (χ1) is 9.78. The summed E-state index contributed by atoms with van der Waals surface area (Å²) in [7, 11) is 0. The molecule has 104 valence electrons. The molecular weight excluding hydrogens is 372 g/mol. The van der Waals surface area contributed by atoms with Gasteiger partial charge in [0.05, 0.1) is 0 Å². The molecule has 0 radical (unpaired) electrons. The Kier molecular flexibility index (Phi) is 5.03. The van der Waals surface area contributed by atoms with Crippen LogP contribution < -0.4 is 0 Å². The Morgan fingerprint density at radius 3 is 2.90 bits per heavy atom. The Bertz CT molecular complexity index is 615. The molecule has 0 amide bonds. The molecule has 1 atom stereocenters. The maximum Gasteiger partial charge on any atom is 0.0409 e. The van der Waals surface area contributed by atoms with Gasteiger partial charge in [-0.05, 0) is 41.8 Å². The Balaban J connectivity index is 2.04. The third-order valence-electron chi connectivity index (χ3n) is 3.31. The lowest BCUT2D eigenvalue weighted by Crippen LogP contribution is -2.00. The summed E-state index contributed by atoms with van der Waals surface area (Å²) in [4.78, 5) is 2.71. The Labute approximate surface area is 141 Å². The van der Waals surface area contributed by atoms with Gasteiger partial charge in [-0.15, -0.1) is 0 Å². The van der Waals surface area contributed by atoms with Crippen molar-refractivity contribution in [3.63, 3.8) is 0 Å². The fraction of sp³-hybridized carbons (Fsp3) is 0.250. The van der Waals surface area contributed by atoms with Gasteiger partial charge in [0.15, 0.2) is 0 Å².